The summed E-state index contributed by atoms with van der Waals surface area (Å²) in [5, 5.41) is 12.1. The third-order valence-electron chi connectivity index (χ3n) is 5.57. The first-order valence-electron chi connectivity index (χ1n) is 9.33. The number of hydrogen-bond donors (Lipinski definition) is 2. The van der Waals surface area contributed by atoms with Crippen LogP contribution in [0.15, 0.2) is 29.1 Å². The van der Waals surface area contributed by atoms with E-state index in [2.05, 4.69) is 22.2 Å². The number of halogens is 1. The lowest BCUT2D eigenvalue weighted by Gasteiger charge is -2.33. The Balaban J connectivity index is 1.83. The van der Waals surface area contributed by atoms with Crippen molar-refractivity contribution in [2.24, 2.45) is 11.8 Å². The van der Waals surface area contributed by atoms with Crippen molar-refractivity contribution < 1.29 is 9.18 Å². The van der Waals surface area contributed by atoms with Crippen molar-refractivity contribution >= 4 is 17.7 Å². The summed E-state index contributed by atoms with van der Waals surface area (Å²) in [5.74, 6) is -2.28. The molecule has 2 aliphatic heterocycles. The molecule has 0 unspecified atom stereocenters. The van der Waals surface area contributed by atoms with Gasteiger partial charge in [-0.25, -0.2) is 4.39 Å². The van der Waals surface area contributed by atoms with Crippen LogP contribution in [0, 0.1) is 29.0 Å². The zero-order valence-corrected chi connectivity index (χ0v) is 15.4. The molecule has 0 radical (unpaired) electrons. The van der Waals surface area contributed by atoms with Gasteiger partial charge in [-0.15, -0.1) is 0 Å². The van der Waals surface area contributed by atoms with Crippen LogP contribution in [0.1, 0.15) is 36.8 Å². The van der Waals surface area contributed by atoms with Gasteiger partial charge in [0.05, 0.1) is 11.6 Å². The average Bonchev–Trinajstić information content (AvgIpc) is 2.68. The monoisotopic (exact) mass is 381 g/mol. The summed E-state index contributed by atoms with van der Waals surface area (Å²) in [6, 6.07) is 7.79. The molecule has 8 heteroatoms. The predicted molar refractivity (Wildman–Crippen MR) is 101 cm³/mol. The molecule has 0 aliphatic carbocycles. The van der Waals surface area contributed by atoms with E-state index in [9.17, 15) is 19.2 Å². The van der Waals surface area contributed by atoms with Crippen LogP contribution in [0.5, 0.6) is 0 Å². The minimum atomic E-state index is -1.21. The number of hydrogen-bond acceptors (Lipinski definition) is 5. The van der Waals surface area contributed by atoms with Crippen LogP contribution < -0.4 is 15.8 Å². The maximum absolute atomic E-state index is 14.5. The quantitative estimate of drug-likeness (QED) is 0.832. The Morgan fingerprint density at radius 1 is 1.25 bits per heavy atom. The molecule has 0 bridgehead atoms. The van der Waals surface area contributed by atoms with Gasteiger partial charge in [-0.2, -0.15) is 10.2 Å². The molecule has 1 saturated heterocycles. The summed E-state index contributed by atoms with van der Waals surface area (Å²) in [7, 11) is 0. The number of benzene rings is 1. The molecule has 1 aromatic carbocycles. The Hall–Kier alpha value is -3.21. The van der Waals surface area contributed by atoms with Crippen LogP contribution in [-0.2, 0) is 4.79 Å². The summed E-state index contributed by atoms with van der Waals surface area (Å²) in [6.45, 7) is 3.70. The lowest BCUT2D eigenvalue weighted by molar-refractivity contribution is -0.119. The van der Waals surface area contributed by atoms with E-state index >= 15 is 0 Å². The topological polar surface area (TPSA) is 102 Å². The molecule has 28 heavy (non-hydrogen) atoms. The van der Waals surface area contributed by atoms with Crippen molar-refractivity contribution in [2.45, 2.75) is 25.7 Å². The molecule has 0 spiro atoms. The summed E-state index contributed by atoms with van der Waals surface area (Å²) >= 11 is 0. The minimum absolute atomic E-state index is 0.0992. The third kappa shape index (κ3) is 3.03. The van der Waals surface area contributed by atoms with E-state index in [1.54, 1.807) is 6.07 Å². The second-order valence-corrected chi connectivity index (χ2v) is 7.42. The smallest absolute Gasteiger partial charge is 0.258 e. The van der Waals surface area contributed by atoms with Crippen LogP contribution >= 0.6 is 0 Å². The molecule has 4 rings (SSSR count). The minimum Gasteiger partial charge on any atom is -0.342 e. The zero-order valence-electron chi connectivity index (χ0n) is 15.4. The van der Waals surface area contributed by atoms with E-state index < -0.39 is 29.1 Å². The largest absolute Gasteiger partial charge is 0.342 e. The van der Waals surface area contributed by atoms with Gasteiger partial charge in [-0.05, 0) is 30.4 Å². The molecule has 1 fully saturated rings. The maximum Gasteiger partial charge on any atom is 0.258 e. The molecular weight excluding hydrogens is 361 g/mol. The number of H-pyrrole nitrogens is 1. The van der Waals surface area contributed by atoms with Crippen LogP contribution in [0.3, 0.4) is 0 Å². The number of nitrogens with one attached hydrogen (secondary N) is 2. The number of carbonyl (C=O) groups excluding carboxylic acids is 1. The third-order valence-corrected chi connectivity index (χ3v) is 5.57. The Bertz CT molecular complexity index is 1020. The van der Waals surface area contributed by atoms with Gasteiger partial charge < -0.3 is 10.2 Å². The van der Waals surface area contributed by atoms with Crippen molar-refractivity contribution in [3.05, 3.63) is 51.6 Å². The number of carbonyl (C=O) groups is 1. The number of rotatable bonds is 2. The Labute approximate surface area is 161 Å². The summed E-state index contributed by atoms with van der Waals surface area (Å²) in [4.78, 5) is 34.7. The van der Waals surface area contributed by atoms with E-state index in [1.807, 2.05) is 11.0 Å². The highest BCUT2D eigenvalue weighted by Gasteiger charge is 2.41. The molecule has 2 aromatic rings. The van der Waals surface area contributed by atoms with E-state index in [1.165, 1.54) is 18.2 Å². The molecule has 144 valence electrons. The van der Waals surface area contributed by atoms with Crippen LogP contribution in [0.25, 0.3) is 0 Å². The van der Waals surface area contributed by atoms with E-state index in [0.717, 1.165) is 25.9 Å². The molecule has 7 nitrogen and oxygen atoms in total. The summed E-state index contributed by atoms with van der Waals surface area (Å²) < 4.78 is 14.5. The van der Waals surface area contributed by atoms with E-state index in [-0.39, 0.29) is 16.9 Å². The van der Waals surface area contributed by atoms with Crippen LogP contribution in [0.2, 0.25) is 0 Å². The lowest BCUT2D eigenvalue weighted by Crippen LogP contribution is -2.40. The molecule has 1 amide bonds. The first kappa shape index (κ1) is 18.2. The lowest BCUT2D eigenvalue weighted by atomic mass is 9.79. The molecular formula is C20H20FN5O2. The fraction of sp³-hybridized carbons (Fsp3) is 0.400. The number of nitriles is 1. The molecule has 3 heterocycles. The highest BCUT2D eigenvalue weighted by atomic mass is 19.1. The van der Waals surface area contributed by atoms with Gasteiger partial charge in [0.25, 0.3) is 5.56 Å². The van der Waals surface area contributed by atoms with Crippen molar-refractivity contribution in [3.63, 3.8) is 0 Å². The van der Waals surface area contributed by atoms with Gasteiger partial charge in [-0.1, -0.05) is 25.1 Å². The Kier molecular flexibility index (Phi) is 4.59. The highest BCUT2D eigenvalue weighted by molar-refractivity contribution is 5.98. The number of fused-ring (bicyclic) bond motifs is 1. The fourth-order valence-electron chi connectivity index (χ4n) is 3.93. The molecule has 0 saturated carbocycles. The number of aromatic amines is 1. The SMILES string of the molecule is CC1CCN(c2nc3c(c(=O)[nH]2)[C@H](c2ccccc2F)[C@H](C#N)C(=O)N3)CC1. The normalized spacial score (nSPS) is 22.3. The average molecular weight is 381 g/mol. The van der Waals surface area contributed by atoms with Crippen molar-refractivity contribution in [1.82, 2.24) is 9.97 Å². The van der Waals surface area contributed by atoms with Gasteiger partial charge in [0.1, 0.15) is 17.6 Å². The number of nitrogens with zero attached hydrogens (tertiary/aromatic N) is 3. The molecule has 2 atom stereocenters. The molecule has 2 aliphatic rings. The van der Waals surface area contributed by atoms with Gasteiger partial charge in [0.15, 0.2) is 0 Å². The second kappa shape index (κ2) is 7.08. The zero-order chi connectivity index (χ0) is 19.8. The van der Waals surface area contributed by atoms with Crippen LogP contribution in [-0.4, -0.2) is 29.0 Å². The van der Waals surface area contributed by atoms with Gasteiger partial charge >= 0.3 is 0 Å². The number of piperidine rings is 1. The predicted octanol–water partition coefficient (Wildman–Crippen LogP) is 2.37. The number of amides is 1. The molecule has 2 N–H and O–H groups in total. The Morgan fingerprint density at radius 3 is 2.64 bits per heavy atom. The molecule has 1 aromatic heterocycles. The standard InChI is InChI=1S/C20H20FN5O2/c1-11-6-8-26(9-7-11)20-24-17-16(19(28)25-20)15(13(10-22)18(27)23-17)12-4-2-3-5-14(12)21/h2-5,11,13,15H,6-9H2,1H3,(H2,23,24,25,27,28)/t13-,15+/m0/s1. The number of aromatic nitrogens is 2. The van der Waals surface area contributed by atoms with Crippen molar-refractivity contribution in [3.8, 4) is 6.07 Å². The maximum atomic E-state index is 14.5. The van der Waals surface area contributed by atoms with Crippen molar-refractivity contribution in [2.75, 3.05) is 23.3 Å². The summed E-state index contributed by atoms with van der Waals surface area (Å²) in [6.07, 6.45) is 1.98. The summed E-state index contributed by atoms with van der Waals surface area (Å²) in [5.41, 5.74) is -0.213. The first-order chi connectivity index (χ1) is 13.5. The fourth-order valence-corrected chi connectivity index (χ4v) is 3.93. The van der Waals surface area contributed by atoms with Crippen molar-refractivity contribution in [1.29, 1.82) is 5.26 Å². The van der Waals surface area contributed by atoms with Gasteiger partial charge in [0, 0.05) is 19.0 Å². The first-order valence-corrected chi connectivity index (χ1v) is 9.33. The van der Waals surface area contributed by atoms with E-state index in [0.29, 0.717) is 11.9 Å². The number of anilines is 2. The van der Waals surface area contributed by atoms with Crippen LogP contribution in [0.4, 0.5) is 16.2 Å². The second-order valence-electron chi connectivity index (χ2n) is 7.42. The van der Waals surface area contributed by atoms with E-state index in [4.69, 9.17) is 0 Å². The van der Waals surface area contributed by atoms with Gasteiger partial charge in [0.2, 0.25) is 11.9 Å². The highest BCUT2D eigenvalue weighted by Crippen LogP contribution is 2.39. The Morgan fingerprint density at radius 2 is 1.96 bits per heavy atom. The van der Waals surface area contributed by atoms with Gasteiger partial charge in [-0.3, -0.25) is 14.6 Å².